The van der Waals surface area contributed by atoms with Gasteiger partial charge in [0.15, 0.2) is 0 Å². The van der Waals surface area contributed by atoms with Crippen molar-refractivity contribution in [1.29, 1.82) is 0 Å². The molecule has 3 heterocycles. The van der Waals surface area contributed by atoms with Crippen LogP contribution in [0.1, 0.15) is 33.6 Å². The smallest absolute Gasteiger partial charge is 0.311 e. The van der Waals surface area contributed by atoms with Crippen molar-refractivity contribution in [3.8, 4) is 5.75 Å². The van der Waals surface area contributed by atoms with Crippen LogP contribution in [0.15, 0.2) is 49.6 Å². The summed E-state index contributed by atoms with van der Waals surface area (Å²) >= 11 is 1.59. The molecule has 0 aliphatic carbocycles. The highest BCUT2D eigenvalue weighted by atomic mass is 32.2. The number of likely N-dealkylation sites (tertiary alicyclic amines) is 1. The number of aliphatic hydroxyl groups excluding tert-OH is 1. The molecular formula is C30H40N2O6S. The van der Waals surface area contributed by atoms with E-state index in [1.54, 1.807) is 46.9 Å². The third-order valence-electron chi connectivity index (χ3n) is 8.34. The van der Waals surface area contributed by atoms with Crippen molar-refractivity contribution in [3.05, 3.63) is 49.6 Å². The predicted molar refractivity (Wildman–Crippen MR) is 153 cm³/mol. The maximum atomic E-state index is 14.7. The Balaban J connectivity index is 1.83. The molecule has 2 amide bonds. The Morgan fingerprint density at radius 2 is 1.95 bits per heavy atom. The van der Waals surface area contributed by atoms with E-state index in [4.69, 9.17) is 9.47 Å². The first-order valence-electron chi connectivity index (χ1n) is 13.6. The number of thioether (sulfide) groups is 1. The van der Waals surface area contributed by atoms with E-state index in [-0.39, 0.29) is 48.7 Å². The molecule has 9 heteroatoms. The Kier molecular flexibility index (Phi) is 8.81. The third-order valence-corrected chi connectivity index (χ3v) is 10.4. The first kappa shape index (κ1) is 29.2. The fourth-order valence-electron chi connectivity index (χ4n) is 6.82. The number of hydrogen-bond donors (Lipinski definition) is 1. The third kappa shape index (κ3) is 4.88. The van der Waals surface area contributed by atoms with Gasteiger partial charge in [0.2, 0.25) is 5.91 Å². The number of fused-ring (bicyclic) bond motifs is 1. The highest BCUT2D eigenvalue weighted by Gasteiger charge is 2.77. The van der Waals surface area contributed by atoms with E-state index in [1.165, 1.54) is 6.08 Å². The van der Waals surface area contributed by atoms with Crippen LogP contribution in [0.3, 0.4) is 0 Å². The Morgan fingerprint density at radius 3 is 2.51 bits per heavy atom. The minimum absolute atomic E-state index is 0.00342. The van der Waals surface area contributed by atoms with Gasteiger partial charge >= 0.3 is 5.97 Å². The van der Waals surface area contributed by atoms with Gasteiger partial charge in [0.1, 0.15) is 18.4 Å². The van der Waals surface area contributed by atoms with E-state index in [0.29, 0.717) is 24.3 Å². The lowest BCUT2D eigenvalue weighted by atomic mass is 9.66. The molecule has 3 unspecified atom stereocenters. The van der Waals surface area contributed by atoms with Crippen molar-refractivity contribution in [1.82, 2.24) is 4.90 Å². The predicted octanol–water partition coefficient (Wildman–Crippen LogP) is 3.69. The number of amides is 2. The molecule has 7 atom stereocenters. The summed E-state index contributed by atoms with van der Waals surface area (Å²) in [4.78, 5) is 45.6. The van der Waals surface area contributed by atoms with Crippen LogP contribution in [0.5, 0.6) is 5.75 Å². The molecule has 39 heavy (non-hydrogen) atoms. The Hall–Kier alpha value is -2.78. The lowest BCUT2D eigenvalue weighted by Crippen LogP contribution is -2.59. The molecule has 8 nitrogen and oxygen atoms in total. The van der Waals surface area contributed by atoms with Crippen LogP contribution in [0.4, 0.5) is 5.69 Å². The van der Waals surface area contributed by atoms with Crippen LogP contribution in [0, 0.1) is 23.7 Å². The molecule has 0 aromatic heterocycles. The monoisotopic (exact) mass is 556 g/mol. The van der Waals surface area contributed by atoms with Gasteiger partial charge in [-0.1, -0.05) is 39.5 Å². The molecule has 1 aromatic rings. The van der Waals surface area contributed by atoms with Gasteiger partial charge in [-0.25, -0.2) is 0 Å². The van der Waals surface area contributed by atoms with E-state index in [0.717, 1.165) is 0 Å². The van der Waals surface area contributed by atoms with E-state index in [2.05, 4.69) is 20.1 Å². The minimum atomic E-state index is -0.852. The van der Waals surface area contributed by atoms with E-state index >= 15 is 0 Å². The van der Waals surface area contributed by atoms with Gasteiger partial charge < -0.3 is 24.4 Å². The van der Waals surface area contributed by atoms with Crippen molar-refractivity contribution in [2.45, 2.75) is 55.7 Å². The van der Waals surface area contributed by atoms with Gasteiger partial charge in [0.25, 0.3) is 5.91 Å². The second-order valence-electron chi connectivity index (χ2n) is 11.1. The molecule has 1 aromatic carbocycles. The molecule has 3 saturated heterocycles. The average molecular weight is 557 g/mol. The molecular weight excluding hydrogens is 516 g/mol. The summed E-state index contributed by atoms with van der Waals surface area (Å²) in [7, 11) is 1.58. The number of nitrogens with zero attached hydrogens (tertiary/aromatic N) is 2. The lowest BCUT2D eigenvalue weighted by Gasteiger charge is -2.42. The number of hydrogen-bond acceptors (Lipinski definition) is 7. The van der Waals surface area contributed by atoms with Crippen LogP contribution in [0.2, 0.25) is 0 Å². The summed E-state index contributed by atoms with van der Waals surface area (Å²) in [5.74, 6) is -1.40. The molecule has 1 spiro atoms. The molecule has 212 valence electrons. The van der Waals surface area contributed by atoms with Crippen LogP contribution in [0.25, 0.3) is 0 Å². The number of esters is 1. The molecule has 2 bridgehead atoms. The summed E-state index contributed by atoms with van der Waals surface area (Å²) in [6, 6.07) is 5.80. The van der Waals surface area contributed by atoms with Crippen molar-refractivity contribution >= 4 is 35.2 Å². The topological polar surface area (TPSA) is 96.4 Å². The fraction of sp³-hybridized carbons (Fsp3) is 0.567. The Labute approximate surface area is 235 Å². The summed E-state index contributed by atoms with van der Waals surface area (Å²) in [6.07, 6.45) is 4.41. The summed E-state index contributed by atoms with van der Waals surface area (Å²) in [5, 5.41) is 10.4. The highest BCUT2D eigenvalue weighted by Crippen LogP contribution is 2.69. The first-order chi connectivity index (χ1) is 18.7. The van der Waals surface area contributed by atoms with Gasteiger partial charge in [0, 0.05) is 17.5 Å². The molecule has 0 saturated carbocycles. The van der Waals surface area contributed by atoms with Crippen LogP contribution >= 0.6 is 11.8 Å². The van der Waals surface area contributed by atoms with Gasteiger partial charge in [-0.2, -0.15) is 0 Å². The average Bonchev–Trinajstić information content (AvgIpc) is 3.52. The van der Waals surface area contributed by atoms with Crippen LogP contribution in [-0.2, 0) is 19.1 Å². The summed E-state index contributed by atoms with van der Waals surface area (Å²) in [5.41, 5.74) is 0.657. The van der Waals surface area contributed by atoms with Crippen molar-refractivity contribution < 1.29 is 29.0 Å². The summed E-state index contributed by atoms with van der Waals surface area (Å²) in [6.45, 7) is 13.7. The zero-order valence-electron chi connectivity index (χ0n) is 23.2. The van der Waals surface area contributed by atoms with Crippen LogP contribution < -0.4 is 9.64 Å². The van der Waals surface area contributed by atoms with E-state index in [9.17, 15) is 19.5 Å². The fourth-order valence-corrected chi connectivity index (χ4v) is 9.21. The second-order valence-corrected chi connectivity index (χ2v) is 12.7. The molecule has 3 fully saturated rings. The molecule has 3 aliphatic heterocycles. The van der Waals surface area contributed by atoms with Gasteiger partial charge in [0.05, 0.1) is 36.3 Å². The van der Waals surface area contributed by atoms with Gasteiger partial charge in [-0.05, 0) is 48.9 Å². The first-order valence-corrected chi connectivity index (χ1v) is 14.5. The number of benzene rings is 1. The molecule has 1 N–H and O–H groups in total. The Morgan fingerprint density at radius 1 is 1.26 bits per heavy atom. The van der Waals surface area contributed by atoms with Crippen molar-refractivity contribution in [2.24, 2.45) is 23.7 Å². The minimum Gasteiger partial charge on any atom is -0.497 e. The lowest BCUT2D eigenvalue weighted by molar-refractivity contribution is -0.154. The largest absolute Gasteiger partial charge is 0.497 e. The maximum Gasteiger partial charge on any atom is 0.311 e. The Bertz CT molecular complexity index is 1110. The molecule has 4 rings (SSSR count). The SMILES string of the molecule is C=CCOC(=O)[C@@H]1[C@H]2C(=O)N([C@@H](CO)CC(C)C)C(C(=O)N(CC=C)c3ccc(OC)cc3)C23S[C@@H]1CC3C. The van der Waals surface area contributed by atoms with E-state index < -0.39 is 34.6 Å². The number of carbonyl (C=O) groups is 3. The second kappa shape index (κ2) is 11.8. The summed E-state index contributed by atoms with van der Waals surface area (Å²) < 4.78 is 9.95. The van der Waals surface area contributed by atoms with E-state index in [1.807, 2.05) is 26.0 Å². The number of carbonyl (C=O) groups excluding carboxylic acids is 3. The van der Waals surface area contributed by atoms with Gasteiger partial charge in [-0.3, -0.25) is 14.4 Å². The van der Waals surface area contributed by atoms with Crippen molar-refractivity contribution in [2.75, 3.05) is 31.8 Å². The molecule has 0 radical (unpaired) electrons. The zero-order chi connectivity index (χ0) is 28.5. The number of aliphatic hydroxyl groups is 1. The number of ether oxygens (including phenoxy) is 2. The highest BCUT2D eigenvalue weighted by molar-refractivity contribution is 8.02. The zero-order valence-corrected chi connectivity index (χ0v) is 24.1. The quantitative estimate of drug-likeness (QED) is 0.310. The van der Waals surface area contributed by atoms with Gasteiger partial charge in [-0.15, -0.1) is 18.3 Å². The standard InChI is InChI=1S/C30H40N2O6S/c1-7-13-31(20-9-11-22(37-6)12-10-20)28(35)26-30-19(5)16-23(39-30)24(29(36)38-14-8-2)25(30)27(34)32(26)21(17-33)15-18(3)4/h7-12,18-19,21,23-26,33H,1-2,13-17H2,3-6H3/t19?,21-,23-,24+,25+,26?,30?/m1/s1. The normalized spacial score (nSPS) is 29.7. The number of methoxy groups -OCH3 is 1. The number of rotatable bonds is 12. The molecule has 3 aliphatic rings. The van der Waals surface area contributed by atoms with Crippen LogP contribution in [-0.4, -0.2) is 76.7 Å². The van der Waals surface area contributed by atoms with Crippen molar-refractivity contribution in [3.63, 3.8) is 0 Å². The number of anilines is 1. The maximum absolute atomic E-state index is 14.7.